The lowest BCUT2D eigenvalue weighted by atomic mass is 9.88. The van der Waals surface area contributed by atoms with Gasteiger partial charge in [0.05, 0.1) is 23.7 Å². The number of ether oxygens (including phenoxy) is 2. The van der Waals surface area contributed by atoms with Gasteiger partial charge in [-0.05, 0) is 67.6 Å². The Labute approximate surface area is 243 Å². The Morgan fingerprint density at radius 1 is 1.07 bits per heavy atom. The molecule has 1 fully saturated rings. The van der Waals surface area contributed by atoms with Crippen molar-refractivity contribution >= 4 is 33.0 Å². The first-order valence-electron chi connectivity index (χ1n) is 13.9. The van der Waals surface area contributed by atoms with E-state index in [0.29, 0.717) is 42.0 Å². The van der Waals surface area contributed by atoms with Gasteiger partial charge in [0.15, 0.2) is 11.5 Å². The largest absolute Gasteiger partial charge is 0.490 e. The second-order valence-corrected chi connectivity index (χ2v) is 11.0. The minimum absolute atomic E-state index is 0.165. The highest BCUT2D eigenvalue weighted by atomic mass is 79.9. The van der Waals surface area contributed by atoms with E-state index in [1.165, 1.54) is 11.1 Å². The van der Waals surface area contributed by atoms with Gasteiger partial charge >= 0.3 is 0 Å². The Bertz CT molecular complexity index is 1570. The molecule has 206 valence electrons. The van der Waals surface area contributed by atoms with Gasteiger partial charge in [0.2, 0.25) is 0 Å². The van der Waals surface area contributed by atoms with E-state index in [1.807, 2.05) is 73.7 Å². The summed E-state index contributed by atoms with van der Waals surface area (Å²) in [7, 11) is 0. The topological polar surface area (TPSA) is 65.7 Å². The van der Waals surface area contributed by atoms with E-state index in [2.05, 4.69) is 22.5 Å². The third-order valence-corrected chi connectivity index (χ3v) is 7.66. The lowest BCUT2D eigenvalue weighted by molar-refractivity contribution is 0.267. The summed E-state index contributed by atoms with van der Waals surface area (Å²) < 4.78 is 14.6. The molecule has 1 heterocycles. The molecule has 0 N–H and O–H groups in total. The maximum Gasteiger partial charge on any atom is 0.282 e. The van der Waals surface area contributed by atoms with Crippen LogP contribution in [0.4, 0.5) is 0 Å². The summed E-state index contributed by atoms with van der Waals surface area (Å²) in [5.41, 5.74) is 3.36. The van der Waals surface area contributed by atoms with Gasteiger partial charge in [-0.2, -0.15) is 9.78 Å². The number of nitrogens with zero attached hydrogens (tertiary/aromatic N) is 3. The molecule has 0 amide bonds. The van der Waals surface area contributed by atoms with E-state index in [1.54, 1.807) is 6.21 Å². The molecule has 0 unspecified atom stereocenters. The van der Waals surface area contributed by atoms with Crippen molar-refractivity contribution in [3.8, 4) is 11.5 Å². The second-order valence-electron chi connectivity index (χ2n) is 10.0. The first-order valence-corrected chi connectivity index (χ1v) is 14.7. The van der Waals surface area contributed by atoms with Gasteiger partial charge in [-0.15, -0.1) is 6.58 Å². The number of aromatic nitrogens is 2. The predicted molar refractivity (Wildman–Crippen MR) is 165 cm³/mol. The molecule has 0 aliphatic heterocycles. The van der Waals surface area contributed by atoms with E-state index < -0.39 is 0 Å². The van der Waals surface area contributed by atoms with Gasteiger partial charge < -0.3 is 9.47 Å². The van der Waals surface area contributed by atoms with Gasteiger partial charge in [-0.25, -0.2) is 4.98 Å². The minimum Gasteiger partial charge on any atom is -0.490 e. The number of rotatable bonds is 10. The summed E-state index contributed by atoms with van der Waals surface area (Å²) in [6.45, 7) is 6.80. The summed E-state index contributed by atoms with van der Waals surface area (Å²) in [6.07, 6.45) is 9.67. The van der Waals surface area contributed by atoms with Crippen molar-refractivity contribution < 1.29 is 9.47 Å². The minimum atomic E-state index is -0.165. The van der Waals surface area contributed by atoms with E-state index >= 15 is 0 Å². The van der Waals surface area contributed by atoms with Crippen LogP contribution in [0.5, 0.6) is 11.5 Å². The van der Waals surface area contributed by atoms with Crippen LogP contribution in [-0.4, -0.2) is 22.5 Å². The van der Waals surface area contributed by atoms with Gasteiger partial charge in [0, 0.05) is 16.0 Å². The Morgan fingerprint density at radius 2 is 1.88 bits per heavy atom. The molecule has 4 aromatic rings. The molecule has 1 saturated carbocycles. The van der Waals surface area contributed by atoms with Crippen LogP contribution in [-0.2, 0) is 13.0 Å². The zero-order valence-corrected chi connectivity index (χ0v) is 24.4. The van der Waals surface area contributed by atoms with E-state index in [-0.39, 0.29) is 11.5 Å². The molecule has 0 saturated heterocycles. The summed E-state index contributed by atoms with van der Waals surface area (Å²) in [6, 6.07) is 19.6. The smallest absolute Gasteiger partial charge is 0.282 e. The lowest BCUT2D eigenvalue weighted by Crippen LogP contribution is -2.25. The van der Waals surface area contributed by atoms with Crippen molar-refractivity contribution in [3.05, 3.63) is 111 Å². The quantitative estimate of drug-likeness (QED) is 0.138. The molecule has 0 radical (unpaired) electrons. The Hall–Kier alpha value is -3.71. The van der Waals surface area contributed by atoms with Crippen molar-refractivity contribution in [2.24, 2.45) is 5.10 Å². The summed E-state index contributed by atoms with van der Waals surface area (Å²) in [5.74, 6) is 2.27. The number of halogens is 1. The zero-order chi connectivity index (χ0) is 27.9. The standard InChI is InChI=1S/C33H34BrN3O3/c1-3-11-26-18-24(19-30(39-4-2)31(26)40-22-23-12-7-5-8-13-23)21-35-37-32(25-14-9-6-10-15-25)36-29-17-16-27(34)20-28(29)33(37)38/h3,5,7-8,12-13,16-21,25H,1,4,6,9-11,14-15,22H2,2H3. The molecule has 7 heteroatoms. The number of hydrogen-bond acceptors (Lipinski definition) is 5. The average molecular weight is 601 g/mol. The third-order valence-electron chi connectivity index (χ3n) is 7.17. The highest BCUT2D eigenvalue weighted by molar-refractivity contribution is 9.10. The van der Waals surface area contributed by atoms with E-state index in [4.69, 9.17) is 19.6 Å². The van der Waals surface area contributed by atoms with Crippen molar-refractivity contribution in [1.29, 1.82) is 0 Å². The second kappa shape index (κ2) is 13.1. The zero-order valence-electron chi connectivity index (χ0n) is 22.8. The van der Waals surface area contributed by atoms with Gasteiger partial charge in [-0.1, -0.05) is 71.6 Å². The predicted octanol–water partition coefficient (Wildman–Crippen LogP) is 7.80. The van der Waals surface area contributed by atoms with Crippen LogP contribution in [0.25, 0.3) is 10.9 Å². The van der Waals surface area contributed by atoms with Crippen LogP contribution >= 0.6 is 15.9 Å². The number of benzene rings is 3. The van der Waals surface area contributed by atoms with Crippen molar-refractivity contribution in [2.45, 2.75) is 58.0 Å². The normalized spacial score (nSPS) is 14.1. The fraction of sp³-hybridized carbons (Fsp3) is 0.303. The van der Waals surface area contributed by atoms with Gasteiger partial charge in [0.25, 0.3) is 5.56 Å². The highest BCUT2D eigenvalue weighted by Crippen LogP contribution is 2.35. The Kier molecular flexibility index (Phi) is 9.12. The number of fused-ring (bicyclic) bond motifs is 1. The van der Waals surface area contributed by atoms with Gasteiger partial charge in [-0.3, -0.25) is 4.79 Å². The van der Waals surface area contributed by atoms with E-state index in [0.717, 1.165) is 52.7 Å². The average Bonchev–Trinajstić information content (AvgIpc) is 2.98. The monoisotopic (exact) mass is 599 g/mol. The molecule has 1 aromatic heterocycles. The lowest BCUT2D eigenvalue weighted by Gasteiger charge is -2.22. The van der Waals surface area contributed by atoms with Crippen molar-refractivity contribution in [3.63, 3.8) is 0 Å². The first-order chi connectivity index (χ1) is 19.6. The number of hydrogen-bond donors (Lipinski definition) is 0. The van der Waals surface area contributed by atoms with Crippen LogP contribution in [0.3, 0.4) is 0 Å². The Balaban J connectivity index is 1.56. The maximum atomic E-state index is 13.7. The SMILES string of the molecule is C=CCc1cc(C=Nn2c(C3CCCCC3)nc3ccc(Br)cc3c2=O)cc(OCC)c1OCc1ccccc1. The molecular weight excluding hydrogens is 566 g/mol. The van der Waals surface area contributed by atoms with Gasteiger partial charge in [0.1, 0.15) is 12.4 Å². The summed E-state index contributed by atoms with van der Waals surface area (Å²) in [4.78, 5) is 18.7. The number of allylic oxidation sites excluding steroid dienone is 1. The molecule has 0 atom stereocenters. The van der Waals surface area contributed by atoms with Crippen LogP contribution < -0.4 is 15.0 Å². The molecule has 3 aromatic carbocycles. The maximum absolute atomic E-state index is 13.7. The van der Waals surface area contributed by atoms with Crippen molar-refractivity contribution in [1.82, 2.24) is 9.66 Å². The molecule has 1 aliphatic rings. The van der Waals surface area contributed by atoms with Crippen molar-refractivity contribution in [2.75, 3.05) is 6.61 Å². The molecule has 0 bridgehead atoms. The Morgan fingerprint density at radius 3 is 2.62 bits per heavy atom. The third kappa shape index (κ3) is 6.36. The molecular formula is C33H34BrN3O3. The fourth-order valence-electron chi connectivity index (χ4n) is 5.25. The van der Waals surface area contributed by atoms with E-state index in [9.17, 15) is 4.79 Å². The van der Waals surface area contributed by atoms with Crippen LogP contribution in [0, 0.1) is 0 Å². The molecule has 40 heavy (non-hydrogen) atoms. The molecule has 0 spiro atoms. The highest BCUT2D eigenvalue weighted by Gasteiger charge is 2.22. The molecule has 1 aliphatic carbocycles. The first kappa shape index (κ1) is 27.8. The summed E-state index contributed by atoms with van der Waals surface area (Å²) in [5, 5.41) is 5.28. The van der Waals surface area contributed by atoms with Crippen LogP contribution in [0.2, 0.25) is 0 Å². The fourth-order valence-corrected chi connectivity index (χ4v) is 5.61. The molecule has 6 nitrogen and oxygen atoms in total. The molecule has 5 rings (SSSR count). The van der Waals surface area contributed by atoms with Crippen LogP contribution in [0.15, 0.2) is 87.7 Å². The van der Waals surface area contributed by atoms with Crippen LogP contribution in [0.1, 0.15) is 67.5 Å². The summed E-state index contributed by atoms with van der Waals surface area (Å²) >= 11 is 3.49.